The summed E-state index contributed by atoms with van der Waals surface area (Å²) in [5.41, 5.74) is 1.01. The van der Waals surface area contributed by atoms with Gasteiger partial charge in [0.25, 0.3) is 0 Å². The van der Waals surface area contributed by atoms with Crippen LogP contribution in [0.4, 0.5) is 0 Å². The number of imidazole rings is 1. The van der Waals surface area contributed by atoms with Gasteiger partial charge in [0.15, 0.2) is 5.16 Å². The summed E-state index contributed by atoms with van der Waals surface area (Å²) in [6, 6.07) is 7.63. The van der Waals surface area contributed by atoms with E-state index in [1.807, 2.05) is 35.0 Å². The maximum absolute atomic E-state index is 11.9. The minimum atomic E-state index is 0.0530. The number of carbonyl (C=O) groups excluding carboxylic acids is 1. The zero-order chi connectivity index (χ0) is 13.9. The number of ketones is 1. The molecule has 0 radical (unpaired) electrons. The fraction of sp³-hybridized carbons (Fsp3) is 0.333. The number of halogens is 1. The first-order chi connectivity index (χ1) is 9.74. The van der Waals surface area contributed by atoms with Gasteiger partial charge < -0.3 is 0 Å². The maximum Gasteiger partial charge on any atom is 0.173 e. The molecule has 3 nitrogen and oxygen atoms in total. The molecule has 0 N–H and O–H groups in total. The smallest absolute Gasteiger partial charge is 0.173 e. The van der Waals surface area contributed by atoms with E-state index in [2.05, 4.69) is 4.98 Å². The topological polar surface area (TPSA) is 34.9 Å². The lowest BCUT2D eigenvalue weighted by molar-refractivity contribution is -0.119. The van der Waals surface area contributed by atoms with Crippen molar-refractivity contribution in [2.45, 2.75) is 36.1 Å². The Balaban J connectivity index is 1.83. The van der Waals surface area contributed by atoms with Gasteiger partial charge in [-0.25, -0.2) is 4.98 Å². The Hall–Kier alpha value is -1.26. The molecule has 1 atom stereocenters. The van der Waals surface area contributed by atoms with Crippen LogP contribution in [0.25, 0.3) is 5.69 Å². The van der Waals surface area contributed by atoms with Crippen molar-refractivity contribution in [1.29, 1.82) is 0 Å². The van der Waals surface area contributed by atoms with Gasteiger partial charge in [0, 0.05) is 29.5 Å². The van der Waals surface area contributed by atoms with Gasteiger partial charge in [0.1, 0.15) is 5.78 Å². The third kappa shape index (κ3) is 2.91. The van der Waals surface area contributed by atoms with Crippen LogP contribution in [0.5, 0.6) is 0 Å². The van der Waals surface area contributed by atoms with Gasteiger partial charge in [0.05, 0.1) is 5.25 Å². The summed E-state index contributed by atoms with van der Waals surface area (Å²) < 4.78 is 2.00. The molecule has 0 saturated heterocycles. The Labute approximate surface area is 127 Å². The van der Waals surface area contributed by atoms with E-state index >= 15 is 0 Å². The van der Waals surface area contributed by atoms with Crippen molar-refractivity contribution in [3.63, 3.8) is 0 Å². The highest BCUT2D eigenvalue weighted by Gasteiger charge is 2.24. The van der Waals surface area contributed by atoms with Crippen molar-refractivity contribution in [2.75, 3.05) is 0 Å². The van der Waals surface area contributed by atoms with Crippen LogP contribution in [0.1, 0.15) is 25.7 Å². The first kappa shape index (κ1) is 13.7. The largest absolute Gasteiger partial charge is 0.298 e. The van der Waals surface area contributed by atoms with Gasteiger partial charge in [-0.2, -0.15) is 0 Å². The summed E-state index contributed by atoms with van der Waals surface area (Å²) in [4.78, 5) is 16.3. The third-order valence-electron chi connectivity index (χ3n) is 3.46. The van der Waals surface area contributed by atoms with E-state index in [0.717, 1.165) is 30.1 Å². The fourth-order valence-electron chi connectivity index (χ4n) is 2.38. The Morgan fingerprint density at radius 2 is 2.05 bits per heavy atom. The van der Waals surface area contributed by atoms with Gasteiger partial charge in [-0.15, -0.1) is 0 Å². The monoisotopic (exact) mass is 306 g/mol. The standard InChI is InChI=1S/C15H15ClN2OS/c16-11-5-7-12(8-6-11)18-10-9-17-15(18)20-14-4-2-1-3-13(14)19/h5-10,14H,1-4H2. The number of nitrogens with zero attached hydrogens (tertiary/aromatic N) is 2. The number of rotatable bonds is 3. The van der Waals surface area contributed by atoms with Crippen LogP contribution in [0, 0.1) is 0 Å². The second-order valence-electron chi connectivity index (χ2n) is 4.87. The first-order valence-electron chi connectivity index (χ1n) is 6.73. The van der Waals surface area contributed by atoms with Crippen LogP contribution in [-0.2, 0) is 4.79 Å². The molecule has 1 unspecified atom stereocenters. The minimum Gasteiger partial charge on any atom is -0.298 e. The molecule has 1 heterocycles. The Morgan fingerprint density at radius 1 is 1.25 bits per heavy atom. The van der Waals surface area contributed by atoms with E-state index in [1.54, 1.807) is 18.0 Å². The van der Waals surface area contributed by atoms with Gasteiger partial charge in [-0.3, -0.25) is 9.36 Å². The van der Waals surface area contributed by atoms with E-state index < -0.39 is 0 Å². The zero-order valence-electron chi connectivity index (χ0n) is 11.0. The van der Waals surface area contributed by atoms with Crippen molar-refractivity contribution in [3.05, 3.63) is 41.7 Å². The molecule has 0 spiro atoms. The van der Waals surface area contributed by atoms with E-state index in [9.17, 15) is 4.79 Å². The second-order valence-corrected chi connectivity index (χ2v) is 6.48. The highest BCUT2D eigenvalue weighted by atomic mass is 35.5. The molecule has 1 aliphatic rings. The summed E-state index contributed by atoms with van der Waals surface area (Å²) in [6.07, 6.45) is 7.51. The Bertz CT molecular complexity index is 609. The normalized spacial score (nSPS) is 19.2. The predicted octanol–water partition coefficient (Wildman–Crippen LogP) is 4.13. The summed E-state index contributed by atoms with van der Waals surface area (Å²) >= 11 is 7.49. The predicted molar refractivity (Wildman–Crippen MR) is 81.7 cm³/mol. The molecule has 0 bridgehead atoms. The van der Waals surface area contributed by atoms with Crippen LogP contribution in [0.2, 0.25) is 5.02 Å². The van der Waals surface area contributed by atoms with Gasteiger partial charge >= 0.3 is 0 Å². The lowest BCUT2D eigenvalue weighted by Crippen LogP contribution is -2.21. The Kier molecular flexibility index (Phi) is 4.13. The molecule has 104 valence electrons. The molecule has 20 heavy (non-hydrogen) atoms. The lowest BCUT2D eigenvalue weighted by Gasteiger charge is -2.19. The number of hydrogen-bond acceptors (Lipinski definition) is 3. The van der Waals surface area contributed by atoms with Gasteiger partial charge in [-0.1, -0.05) is 29.8 Å². The number of hydrogen-bond donors (Lipinski definition) is 0. The summed E-state index contributed by atoms with van der Waals surface area (Å²) in [6.45, 7) is 0. The molecule has 1 aromatic heterocycles. The van der Waals surface area contributed by atoms with Gasteiger partial charge in [0.2, 0.25) is 0 Å². The molecule has 3 rings (SSSR count). The molecule has 0 aliphatic heterocycles. The maximum atomic E-state index is 11.9. The second kappa shape index (κ2) is 6.02. The minimum absolute atomic E-state index is 0.0530. The van der Waals surface area contributed by atoms with Crippen molar-refractivity contribution >= 4 is 29.1 Å². The number of carbonyl (C=O) groups is 1. The van der Waals surface area contributed by atoms with Crippen molar-refractivity contribution < 1.29 is 4.79 Å². The van der Waals surface area contributed by atoms with Crippen LogP contribution in [0.15, 0.2) is 41.8 Å². The quantitative estimate of drug-likeness (QED) is 0.855. The first-order valence-corrected chi connectivity index (χ1v) is 7.98. The summed E-state index contributed by atoms with van der Waals surface area (Å²) in [5.74, 6) is 0.354. The third-order valence-corrected chi connectivity index (χ3v) is 5.01. The zero-order valence-corrected chi connectivity index (χ0v) is 12.5. The van der Waals surface area contributed by atoms with Crippen LogP contribution >= 0.6 is 23.4 Å². The van der Waals surface area contributed by atoms with E-state index in [4.69, 9.17) is 11.6 Å². The average Bonchev–Trinajstić information content (AvgIpc) is 2.90. The van der Waals surface area contributed by atoms with Crippen LogP contribution in [0.3, 0.4) is 0 Å². The highest BCUT2D eigenvalue weighted by Crippen LogP contribution is 2.32. The number of Topliss-reactive ketones (excluding diaryl/α,β-unsaturated/α-hetero) is 1. The molecular weight excluding hydrogens is 292 g/mol. The van der Waals surface area contributed by atoms with Crippen molar-refractivity contribution in [1.82, 2.24) is 9.55 Å². The average molecular weight is 307 g/mol. The van der Waals surface area contributed by atoms with Crippen molar-refractivity contribution in [2.24, 2.45) is 0 Å². The van der Waals surface area contributed by atoms with E-state index in [1.165, 1.54) is 0 Å². The summed E-state index contributed by atoms with van der Waals surface area (Å²) in [7, 11) is 0. The van der Waals surface area contributed by atoms with Crippen molar-refractivity contribution in [3.8, 4) is 5.69 Å². The Morgan fingerprint density at radius 3 is 2.80 bits per heavy atom. The molecule has 5 heteroatoms. The number of aromatic nitrogens is 2. The van der Waals surface area contributed by atoms with E-state index in [0.29, 0.717) is 17.2 Å². The lowest BCUT2D eigenvalue weighted by atomic mass is 9.99. The number of thioether (sulfide) groups is 1. The van der Waals surface area contributed by atoms with Crippen LogP contribution < -0.4 is 0 Å². The highest BCUT2D eigenvalue weighted by molar-refractivity contribution is 8.00. The molecule has 1 aromatic carbocycles. The summed E-state index contributed by atoms with van der Waals surface area (Å²) in [5, 5.41) is 1.63. The van der Waals surface area contributed by atoms with E-state index in [-0.39, 0.29) is 5.25 Å². The number of benzene rings is 1. The molecule has 1 saturated carbocycles. The molecule has 2 aromatic rings. The molecular formula is C15H15ClN2OS. The molecule has 0 amide bonds. The fourth-order valence-corrected chi connectivity index (χ4v) is 3.69. The SMILES string of the molecule is O=C1CCCCC1Sc1nccn1-c1ccc(Cl)cc1. The molecule has 1 aliphatic carbocycles. The molecule has 1 fully saturated rings. The van der Waals surface area contributed by atoms with Gasteiger partial charge in [-0.05, 0) is 37.1 Å². The van der Waals surface area contributed by atoms with Crippen LogP contribution in [-0.4, -0.2) is 20.6 Å².